The third-order valence-electron chi connectivity index (χ3n) is 4.81. The zero-order chi connectivity index (χ0) is 21.1. The summed E-state index contributed by atoms with van der Waals surface area (Å²) in [5.74, 6) is -0.191. The molecule has 0 aliphatic carbocycles. The Morgan fingerprint density at radius 3 is 2.30 bits per heavy atom. The van der Waals surface area contributed by atoms with Crippen LogP contribution < -0.4 is 5.32 Å². The monoisotopic (exact) mass is 490 g/mol. The molecule has 3 aromatic rings. The third-order valence-corrected chi connectivity index (χ3v) is 7.25. The van der Waals surface area contributed by atoms with Crippen molar-refractivity contribution in [3.63, 3.8) is 0 Å². The highest BCUT2D eigenvalue weighted by Crippen LogP contribution is 2.23. The van der Waals surface area contributed by atoms with E-state index in [0.717, 1.165) is 29.3 Å². The molecule has 4 rings (SSSR count). The van der Waals surface area contributed by atoms with E-state index in [-0.39, 0.29) is 22.4 Å². The van der Waals surface area contributed by atoms with Gasteiger partial charge in [0.05, 0.1) is 4.90 Å². The molecule has 1 aliphatic heterocycles. The Morgan fingerprint density at radius 2 is 1.63 bits per heavy atom. The molecular formula is C20H19BrN4O4S. The molecule has 0 saturated carbocycles. The van der Waals surface area contributed by atoms with Gasteiger partial charge in [-0.2, -0.15) is 4.31 Å². The van der Waals surface area contributed by atoms with Crippen LogP contribution in [-0.4, -0.2) is 41.9 Å². The highest BCUT2D eigenvalue weighted by molar-refractivity contribution is 9.10. The van der Waals surface area contributed by atoms with Gasteiger partial charge in [-0.3, -0.25) is 10.1 Å². The average molecular weight is 491 g/mol. The minimum absolute atomic E-state index is 0.0390. The largest absolute Gasteiger partial charge is 0.403 e. The number of carbonyl (C=O) groups is 1. The number of anilines is 1. The van der Waals surface area contributed by atoms with E-state index in [1.807, 2.05) is 24.3 Å². The van der Waals surface area contributed by atoms with Gasteiger partial charge in [-0.25, -0.2) is 8.42 Å². The van der Waals surface area contributed by atoms with Gasteiger partial charge in [-0.15, -0.1) is 5.10 Å². The van der Waals surface area contributed by atoms with Gasteiger partial charge in [-0.1, -0.05) is 27.4 Å². The smallest absolute Gasteiger partial charge is 0.322 e. The molecule has 8 nitrogen and oxygen atoms in total. The Bertz CT molecular complexity index is 1140. The molecule has 156 valence electrons. The average Bonchev–Trinajstić information content (AvgIpc) is 3.23. The van der Waals surface area contributed by atoms with Gasteiger partial charge >= 0.3 is 6.01 Å². The molecule has 0 bridgehead atoms. The summed E-state index contributed by atoms with van der Waals surface area (Å²) in [5, 5.41) is 10.3. The topological polar surface area (TPSA) is 105 Å². The molecule has 1 saturated heterocycles. The number of piperidine rings is 1. The van der Waals surface area contributed by atoms with Crippen molar-refractivity contribution in [2.24, 2.45) is 0 Å². The minimum atomic E-state index is -3.54. The second kappa shape index (κ2) is 8.66. The number of halogens is 1. The molecule has 1 aromatic heterocycles. The lowest BCUT2D eigenvalue weighted by Gasteiger charge is -2.25. The lowest BCUT2D eigenvalue weighted by molar-refractivity contribution is 0.102. The molecule has 10 heteroatoms. The maximum atomic E-state index is 12.7. The first-order valence-corrected chi connectivity index (χ1v) is 11.7. The number of nitrogens with zero attached hydrogens (tertiary/aromatic N) is 3. The molecule has 0 spiro atoms. The third kappa shape index (κ3) is 4.45. The number of carbonyl (C=O) groups excluding carboxylic acids is 1. The van der Waals surface area contributed by atoms with E-state index < -0.39 is 15.9 Å². The highest BCUT2D eigenvalue weighted by atomic mass is 79.9. The van der Waals surface area contributed by atoms with Crippen LogP contribution in [-0.2, 0) is 10.0 Å². The number of rotatable bonds is 5. The van der Waals surface area contributed by atoms with Crippen molar-refractivity contribution in [3.8, 4) is 11.5 Å². The molecule has 0 atom stereocenters. The van der Waals surface area contributed by atoms with Crippen LogP contribution >= 0.6 is 15.9 Å². The second-order valence-corrected chi connectivity index (χ2v) is 9.72. The summed E-state index contributed by atoms with van der Waals surface area (Å²) in [4.78, 5) is 12.6. The summed E-state index contributed by atoms with van der Waals surface area (Å²) in [5.41, 5.74) is 1.01. The van der Waals surface area contributed by atoms with E-state index in [1.54, 1.807) is 0 Å². The van der Waals surface area contributed by atoms with Gasteiger partial charge in [0, 0.05) is 28.7 Å². The number of sulfonamides is 1. The molecule has 1 amide bonds. The van der Waals surface area contributed by atoms with Gasteiger partial charge in [0.1, 0.15) is 0 Å². The van der Waals surface area contributed by atoms with E-state index >= 15 is 0 Å². The Morgan fingerprint density at radius 1 is 0.967 bits per heavy atom. The van der Waals surface area contributed by atoms with Gasteiger partial charge in [0.25, 0.3) is 5.91 Å². The SMILES string of the molecule is O=C(Nc1nnc(-c2ccc(Br)cc2)o1)c1ccc(S(=O)(=O)N2CCCCC2)cc1. The predicted molar refractivity (Wildman–Crippen MR) is 114 cm³/mol. The van der Waals surface area contributed by atoms with Crippen molar-refractivity contribution in [2.75, 3.05) is 18.4 Å². The molecule has 30 heavy (non-hydrogen) atoms. The zero-order valence-corrected chi connectivity index (χ0v) is 18.3. The fraction of sp³-hybridized carbons (Fsp3) is 0.250. The van der Waals surface area contributed by atoms with Crippen LogP contribution in [0.2, 0.25) is 0 Å². The minimum Gasteiger partial charge on any atom is -0.403 e. The van der Waals surface area contributed by atoms with E-state index in [1.165, 1.54) is 28.6 Å². The van der Waals surface area contributed by atoms with Crippen molar-refractivity contribution in [1.82, 2.24) is 14.5 Å². The van der Waals surface area contributed by atoms with Crippen molar-refractivity contribution >= 4 is 37.9 Å². The van der Waals surface area contributed by atoms with Gasteiger partial charge in [-0.05, 0) is 61.4 Å². The summed E-state index contributed by atoms with van der Waals surface area (Å²) >= 11 is 3.36. The fourth-order valence-corrected chi connectivity index (χ4v) is 4.97. The first-order chi connectivity index (χ1) is 14.4. The van der Waals surface area contributed by atoms with Crippen LogP contribution in [0.4, 0.5) is 6.01 Å². The quantitative estimate of drug-likeness (QED) is 0.580. The molecule has 1 N–H and O–H groups in total. The Kier molecular flexibility index (Phi) is 5.98. The summed E-state index contributed by atoms with van der Waals surface area (Å²) in [7, 11) is -3.54. The lowest BCUT2D eigenvalue weighted by Crippen LogP contribution is -2.35. The van der Waals surface area contributed by atoms with Gasteiger partial charge in [0.2, 0.25) is 15.9 Å². The first kappa shape index (κ1) is 20.7. The van der Waals surface area contributed by atoms with Crippen LogP contribution in [0.25, 0.3) is 11.5 Å². The summed E-state index contributed by atoms with van der Waals surface area (Å²) < 4.78 is 33.3. The standard InChI is InChI=1S/C20H19BrN4O4S/c21-16-8-4-15(5-9-16)19-23-24-20(29-19)22-18(26)14-6-10-17(11-7-14)30(27,28)25-12-2-1-3-13-25/h4-11H,1-3,12-13H2,(H,22,24,26). The maximum absolute atomic E-state index is 12.7. The number of aromatic nitrogens is 2. The highest BCUT2D eigenvalue weighted by Gasteiger charge is 2.26. The molecule has 0 radical (unpaired) electrons. The van der Waals surface area contributed by atoms with Crippen LogP contribution in [0.15, 0.2) is 62.3 Å². The Hall–Kier alpha value is -2.56. The normalized spacial score (nSPS) is 15.1. The Balaban J connectivity index is 1.45. The van der Waals surface area contributed by atoms with E-state index in [4.69, 9.17) is 4.42 Å². The predicted octanol–water partition coefficient (Wildman–Crippen LogP) is 3.93. The molecule has 1 aliphatic rings. The fourth-order valence-electron chi connectivity index (χ4n) is 3.18. The molecule has 2 heterocycles. The van der Waals surface area contributed by atoms with Gasteiger partial charge in [0.15, 0.2) is 0 Å². The van der Waals surface area contributed by atoms with Crippen molar-refractivity contribution < 1.29 is 17.6 Å². The second-order valence-electron chi connectivity index (χ2n) is 6.86. The number of hydrogen-bond acceptors (Lipinski definition) is 6. The number of benzene rings is 2. The summed E-state index contributed by atoms with van der Waals surface area (Å²) in [6.07, 6.45) is 2.78. The molecular weight excluding hydrogens is 472 g/mol. The zero-order valence-electron chi connectivity index (χ0n) is 15.9. The maximum Gasteiger partial charge on any atom is 0.322 e. The molecule has 2 aromatic carbocycles. The van der Waals surface area contributed by atoms with E-state index in [9.17, 15) is 13.2 Å². The number of nitrogens with one attached hydrogen (secondary N) is 1. The first-order valence-electron chi connectivity index (χ1n) is 9.44. The van der Waals surface area contributed by atoms with E-state index in [2.05, 4.69) is 31.4 Å². The van der Waals surface area contributed by atoms with Crippen LogP contribution in [0.1, 0.15) is 29.6 Å². The lowest BCUT2D eigenvalue weighted by atomic mass is 10.2. The molecule has 1 fully saturated rings. The van der Waals surface area contributed by atoms with Gasteiger partial charge < -0.3 is 4.42 Å². The van der Waals surface area contributed by atoms with E-state index in [0.29, 0.717) is 13.1 Å². The summed E-state index contributed by atoms with van der Waals surface area (Å²) in [6.45, 7) is 1.06. The Labute approximate surface area is 182 Å². The number of amides is 1. The van der Waals surface area contributed by atoms with Crippen molar-refractivity contribution in [2.45, 2.75) is 24.2 Å². The summed E-state index contributed by atoms with van der Waals surface area (Å²) in [6, 6.07) is 13.1. The molecule has 0 unspecified atom stereocenters. The van der Waals surface area contributed by atoms with Crippen LogP contribution in [0, 0.1) is 0 Å². The number of hydrogen-bond donors (Lipinski definition) is 1. The van der Waals surface area contributed by atoms with Crippen LogP contribution in [0.3, 0.4) is 0 Å². The van der Waals surface area contributed by atoms with Crippen molar-refractivity contribution in [1.29, 1.82) is 0 Å². The van der Waals surface area contributed by atoms with Crippen LogP contribution in [0.5, 0.6) is 0 Å². The van der Waals surface area contributed by atoms with Crippen molar-refractivity contribution in [3.05, 3.63) is 58.6 Å².